The van der Waals surface area contributed by atoms with Crippen molar-refractivity contribution in [1.29, 1.82) is 0 Å². The van der Waals surface area contributed by atoms with Gasteiger partial charge in [0.25, 0.3) is 0 Å². The summed E-state index contributed by atoms with van der Waals surface area (Å²) in [6.07, 6.45) is 3.72. The van der Waals surface area contributed by atoms with E-state index in [2.05, 4.69) is 44.7 Å². The van der Waals surface area contributed by atoms with Gasteiger partial charge >= 0.3 is 0 Å². The molecule has 2 heterocycles. The van der Waals surface area contributed by atoms with Gasteiger partial charge in [-0.15, -0.1) is 0 Å². The average Bonchev–Trinajstić information content (AvgIpc) is 2.90. The number of halogens is 1. The maximum absolute atomic E-state index is 5.40. The fourth-order valence-electron chi connectivity index (χ4n) is 2.42. The summed E-state index contributed by atoms with van der Waals surface area (Å²) in [5.41, 5.74) is 5.88. The van der Waals surface area contributed by atoms with Crippen molar-refractivity contribution in [3.05, 3.63) is 39.2 Å². The first kappa shape index (κ1) is 16.7. The van der Waals surface area contributed by atoms with Crippen LogP contribution in [0.25, 0.3) is 22.4 Å². The number of ether oxygens (including phenoxy) is 1. The molecule has 3 rings (SSSR count). The van der Waals surface area contributed by atoms with Crippen molar-refractivity contribution in [1.82, 2.24) is 15.0 Å². The van der Waals surface area contributed by atoms with Gasteiger partial charge in [0.15, 0.2) is 5.65 Å². The number of nitrogens with one attached hydrogen (secondary N) is 1. The van der Waals surface area contributed by atoms with Crippen molar-refractivity contribution in [2.24, 2.45) is 0 Å². The standard InChI is InChI=1S/C15H14IN3O.C2H6/c1-8-4-10(5-9(2)14(8)20-3)12-7-18-15-13(19-12)11(16)6-17-15;1-2/h4-7H,1-3H3,(H,17,18);1-2H3. The summed E-state index contributed by atoms with van der Waals surface area (Å²) < 4.78 is 6.48. The molecule has 0 saturated carbocycles. The summed E-state index contributed by atoms with van der Waals surface area (Å²) >= 11 is 2.26. The Morgan fingerprint density at radius 2 is 1.77 bits per heavy atom. The van der Waals surface area contributed by atoms with E-state index in [-0.39, 0.29) is 0 Å². The number of hydrogen-bond donors (Lipinski definition) is 1. The third-order valence-corrected chi connectivity index (χ3v) is 4.12. The number of rotatable bonds is 2. The van der Waals surface area contributed by atoms with Crippen LogP contribution < -0.4 is 4.74 Å². The van der Waals surface area contributed by atoms with E-state index in [1.807, 2.05) is 33.9 Å². The molecule has 3 aromatic rings. The van der Waals surface area contributed by atoms with Crippen LogP contribution in [-0.2, 0) is 0 Å². The van der Waals surface area contributed by atoms with Crippen molar-refractivity contribution >= 4 is 33.8 Å². The summed E-state index contributed by atoms with van der Waals surface area (Å²) in [5.74, 6) is 0.930. The highest BCUT2D eigenvalue weighted by Crippen LogP contribution is 2.29. The van der Waals surface area contributed by atoms with E-state index in [9.17, 15) is 0 Å². The van der Waals surface area contributed by atoms with E-state index >= 15 is 0 Å². The van der Waals surface area contributed by atoms with E-state index in [1.165, 1.54) is 0 Å². The second kappa shape index (κ2) is 7.09. The van der Waals surface area contributed by atoms with Gasteiger partial charge in [-0.05, 0) is 59.7 Å². The van der Waals surface area contributed by atoms with Crippen molar-refractivity contribution in [2.45, 2.75) is 27.7 Å². The van der Waals surface area contributed by atoms with Crippen LogP contribution in [0.2, 0.25) is 0 Å². The lowest BCUT2D eigenvalue weighted by Crippen LogP contribution is -1.94. The zero-order chi connectivity index (χ0) is 16.3. The highest BCUT2D eigenvalue weighted by molar-refractivity contribution is 14.1. The van der Waals surface area contributed by atoms with Crippen LogP contribution in [0.4, 0.5) is 0 Å². The molecule has 0 aliphatic carbocycles. The van der Waals surface area contributed by atoms with Gasteiger partial charge in [-0.2, -0.15) is 0 Å². The molecule has 0 radical (unpaired) electrons. The Morgan fingerprint density at radius 1 is 1.14 bits per heavy atom. The van der Waals surface area contributed by atoms with Crippen LogP contribution in [0, 0.1) is 17.4 Å². The third kappa shape index (κ3) is 3.09. The van der Waals surface area contributed by atoms with Gasteiger partial charge in [-0.1, -0.05) is 13.8 Å². The van der Waals surface area contributed by atoms with Gasteiger partial charge in [0.2, 0.25) is 0 Å². The highest BCUT2D eigenvalue weighted by atomic mass is 127. The lowest BCUT2D eigenvalue weighted by atomic mass is 10.0. The number of H-pyrrole nitrogens is 1. The van der Waals surface area contributed by atoms with Crippen LogP contribution in [0.1, 0.15) is 25.0 Å². The summed E-state index contributed by atoms with van der Waals surface area (Å²) in [6.45, 7) is 8.09. The molecule has 2 aromatic heterocycles. The van der Waals surface area contributed by atoms with Crippen molar-refractivity contribution < 1.29 is 4.74 Å². The van der Waals surface area contributed by atoms with Crippen molar-refractivity contribution in [3.8, 4) is 17.0 Å². The Morgan fingerprint density at radius 3 is 2.36 bits per heavy atom. The minimum absolute atomic E-state index is 0.820. The normalized spacial score (nSPS) is 10.3. The molecule has 22 heavy (non-hydrogen) atoms. The smallest absolute Gasteiger partial charge is 0.157 e. The van der Waals surface area contributed by atoms with Crippen LogP contribution >= 0.6 is 22.6 Å². The maximum atomic E-state index is 5.40. The molecule has 0 aliphatic heterocycles. The zero-order valence-corrected chi connectivity index (χ0v) is 15.6. The largest absolute Gasteiger partial charge is 0.496 e. The molecule has 1 N–H and O–H groups in total. The fraction of sp³-hybridized carbons (Fsp3) is 0.294. The van der Waals surface area contributed by atoms with Gasteiger partial charge in [-0.25, -0.2) is 9.97 Å². The molecule has 0 spiro atoms. The summed E-state index contributed by atoms with van der Waals surface area (Å²) in [4.78, 5) is 12.2. The highest BCUT2D eigenvalue weighted by Gasteiger charge is 2.10. The number of methoxy groups -OCH3 is 1. The number of fused-ring (bicyclic) bond motifs is 1. The number of aromatic nitrogens is 3. The molecular formula is C17H20IN3O. The quantitative estimate of drug-likeness (QED) is 0.614. The summed E-state index contributed by atoms with van der Waals surface area (Å²) in [7, 11) is 1.70. The van der Waals surface area contributed by atoms with E-state index in [1.54, 1.807) is 13.3 Å². The molecule has 1 aromatic carbocycles. The predicted molar refractivity (Wildman–Crippen MR) is 99.4 cm³/mol. The molecule has 4 nitrogen and oxygen atoms in total. The molecular weight excluding hydrogens is 389 g/mol. The molecule has 0 amide bonds. The molecule has 0 fully saturated rings. The maximum Gasteiger partial charge on any atom is 0.157 e. The number of aryl methyl sites for hydroxylation is 2. The lowest BCUT2D eigenvalue weighted by molar-refractivity contribution is 0.408. The number of aromatic amines is 1. The average molecular weight is 409 g/mol. The Balaban J connectivity index is 0.000000847. The SMILES string of the molecule is CC.COc1c(C)cc(-c2cnc3[nH]cc(I)c3n2)cc1C. The minimum Gasteiger partial charge on any atom is -0.496 e. The van der Waals surface area contributed by atoms with Crippen LogP contribution in [0.15, 0.2) is 24.5 Å². The Hall–Kier alpha value is -1.63. The Kier molecular flexibility index (Phi) is 5.39. The number of benzene rings is 1. The zero-order valence-electron chi connectivity index (χ0n) is 13.5. The van der Waals surface area contributed by atoms with Gasteiger partial charge in [0, 0.05) is 11.8 Å². The molecule has 0 aliphatic rings. The van der Waals surface area contributed by atoms with Crippen LogP contribution in [0.5, 0.6) is 5.75 Å². The first-order valence-corrected chi connectivity index (χ1v) is 8.33. The Labute approximate surface area is 144 Å². The van der Waals surface area contributed by atoms with Crippen molar-refractivity contribution in [2.75, 3.05) is 7.11 Å². The molecule has 0 atom stereocenters. The van der Waals surface area contributed by atoms with Gasteiger partial charge in [-0.3, -0.25) is 0 Å². The first-order chi connectivity index (χ1) is 10.6. The van der Waals surface area contributed by atoms with Crippen LogP contribution in [-0.4, -0.2) is 22.1 Å². The van der Waals surface area contributed by atoms with E-state index < -0.39 is 0 Å². The summed E-state index contributed by atoms with van der Waals surface area (Å²) in [5, 5.41) is 0. The van der Waals surface area contributed by atoms with Gasteiger partial charge in [0.1, 0.15) is 11.3 Å². The third-order valence-electron chi connectivity index (χ3n) is 3.29. The fourth-order valence-corrected chi connectivity index (χ4v) is 2.95. The molecule has 5 heteroatoms. The van der Waals surface area contributed by atoms with Crippen LogP contribution in [0.3, 0.4) is 0 Å². The number of hydrogen-bond acceptors (Lipinski definition) is 3. The molecule has 0 saturated heterocycles. The lowest BCUT2D eigenvalue weighted by Gasteiger charge is -2.11. The molecule has 0 unspecified atom stereocenters. The minimum atomic E-state index is 0.820. The van der Waals surface area contributed by atoms with Crippen molar-refractivity contribution in [3.63, 3.8) is 0 Å². The van der Waals surface area contributed by atoms with E-state index in [0.717, 1.165) is 42.9 Å². The van der Waals surface area contributed by atoms with E-state index in [4.69, 9.17) is 9.72 Å². The topological polar surface area (TPSA) is 50.8 Å². The van der Waals surface area contributed by atoms with Gasteiger partial charge in [0.05, 0.1) is 22.6 Å². The molecule has 116 valence electrons. The Bertz CT molecular complexity index is 773. The van der Waals surface area contributed by atoms with E-state index in [0.29, 0.717) is 0 Å². The second-order valence-corrected chi connectivity index (χ2v) is 5.89. The first-order valence-electron chi connectivity index (χ1n) is 7.25. The predicted octanol–water partition coefficient (Wildman–Crippen LogP) is 4.88. The second-order valence-electron chi connectivity index (χ2n) is 4.73. The monoisotopic (exact) mass is 409 g/mol. The number of nitrogens with zero attached hydrogens (tertiary/aromatic N) is 2. The van der Waals surface area contributed by atoms with Gasteiger partial charge < -0.3 is 9.72 Å². The molecule has 0 bridgehead atoms. The summed E-state index contributed by atoms with van der Waals surface area (Å²) in [6, 6.07) is 4.17.